The number of quaternary nitrogens is 1. The van der Waals surface area contributed by atoms with Crippen molar-refractivity contribution >= 4 is 19.8 Å². The third kappa shape index (κ3) is 71.2. The largest absolute Gasteiger partial charge is 0.472 e. The van der Waals surface area contributed by atoms with Crippen LogP contribution < -0.4 is 0 Å². The van der Waals surface area contributed by atoms with Gasteiger partial charge in [0.1, 0.15) is 19.8 Å². The lowest BCUT2D eigenvalue weighted by atomic mass is 10.0. The molecule has 10 heteroatoms. The van der Waals surface area contributed by atoms with Gasteiger partial charge in [-0.25, -0.2) is 4.57 Å². The van der Waals surface area contributed by atoms with E-state index in [1.165, 1.54) is 141 Å². The van der Waals surface area contributed by atoms with Gasteiger partial charge in [-0.3, -0.25) is 18.6 Å². The van der Waals surface area contributed by atoms with E-state index in [1.54, 1.807) is 0 Å². The van der Waals surface area contributed by atoms with Crippen LogP contribution in [0, 0.1) is 0 Å². The molecule has 0 aromatic rings. The van der Waals surface area contributed by atoms with Crippen molar-refractivity contribution in [3.8, 4) is 0 Å². The Kier molecular flexibility index (Phi) is 64.6. The number of likely N-dealkylation sites (N-methyl/N-ethyl adjacent to an activating group) is 1. The van der Waals surface area contributed by atoms with Crippen molar-refractivity contribution in [1.29, 1.82) is 0 Å². The number of hydrogen-bond donors (Lipinski definition) is 1. The van der Waals surface area contributed by atoms with E-state index >= 15 is 0 Å². The standard InChI is InChI=1S/C78H134NO8P/c1-6-8-10-12-14-16-18-20-22-24-26-28-30-32-34-35-36-37-38-39-40-41-42-43-45-46-48-50-52-54-56-58-60-62-64-66-68-70-77(80)84-74-76(75-86-88(82,83)85-73-72-79(3,4)5)87-78(81)71-69-67-65-63-61-59-57-55-53-51-49-47-44-33-31-29-27-25-23-21-19-17-15-13-11-9-7-2/h8-11,14-17,20-23,26-29,33,44,49,51,55,57,76H,6-7,12-13,18-19,24-25,30-32,34-43,45-48,50,52-54,56,58-75H2,1-5H3/p+1/b10-8-,11-9-,16-14-,17-15-,22-20-,23-21-,28-26-,29-27-,44-33-,51-49-,57-55-. The molecule has 0 spiro atoms. The van der Waals surface area contributed by atoms with Crippen LogP contribution in [-0.4, -0.2) is 74.9 Å². The normalized spacial score (nSPS) is 13.9. The van der Waals surface area contributed by atoms with Gasteiger partial charge in [0.05, 0.1) is 27.7 Å². The predicted octanol–water partition coefficient (Wildman–Crippen LogP) is 23.6. The van der Waals surface area contributed by atoms with E-state index in [1.807, 2.05) is 21.1 Å². The molecule has 2 atom stereocenters. The number of nitrogens with zero attached hydrogens (tertiary/aromatic N) is 1. The molecule has 9 nitrogen and oxygen atoms in total. The lowest BCUT2D eigenvalue weighted by molar-refractivity contribution is -0.870. The Bertz CT molecular complexity index is 1950. The molecule has 0 amide bonds. The fraction of sp³-hybridized carbons (Fsp3) is 0.692. The minimum absolute atomic E-state index is 0.0225. The van der Waals surface area contributed by atoms with Crippen LogP contribution in [-0.2, 0) is 32.7 Å². The summed E-state index contributed by atoms with van der Waals surface area (Å²) in [5.41, 5.74) is 0. The molecule has 0 aromatic carbocycles. The van der Waals surface area contributed by atoms with Gasteiger partial charge in [-0.1, -0.05) is 308 Å². The molecule has 0 aliphatic carbocycles. The van der Waals surface area contributed by atoms with Gasteiger partial charge in [0.25, 0.3) is 0 Å². The smallest absolute Gasteiger partial charge is 0.462 e. The van der Waals surface area contributed by atoms with Crippen molar-refractivity contribution in [3.05, 3.63) is 134 Å². The monoisotopic (exact) mass is 1240 g/mol. The summed E-state index contributed by atoms with van der Waals surface area (Å²) in [5.74, 6) is -0.817. The van der Waals surface area contributed by atoms with E-state index in [0.29, 0.717) is 17.4 Å². The minimum atomic E-state index is -4.41. The van der Waals surface area contributed by atoms with E-state index < -0.39 is 26.5 Å². The van der Waals surface area contributed by atoms with Crippen LogP contribution >= 0.6 is 7.82 Å². The molecule has 0 aliphatic heterocycles. The van der Waals surface area contributed by atoms with Gasteiger partial charge in [-0.15, -0.1) is 0 Å². The molecule has 0 saturated heterocycles. The Hall–Kier alpha value is -3.85. The first-order valence-corrected chi connectivity index (χ1v) is 37.4. The van der Waals surface area contributed by atoms with Crippen LogP contribution in [0.15, 0.2) is 134 Å². The van der Waals surface area contributed by atoms with E-state index in [-0.39, 0.29) is 32.0 Å². The second-order valence-electron chi connectivity index (χ2n) is 24.9. The van der Waals surface area contributed by atoms with E-state index in [2.05, 4.69) is 148 Å². The summed E-state index contributed by atoms with van der Waals surface area (Å²) in [4.78, 5) is 35.9. The van der Waals surface area contributed by atoms with E-state index in [9.17, 15) is 19.0 Å². The van der Waals surface area contributed by atoms with Crippen LogP contribution in [0.3, 0.4) is 0 Å². The number of phosphoric ester groups is 1. The Balaban J connectivity index is 4.03. The Morgan fingerprint density at radius 3 is 0.909 bits per heavy atom. The van der Waals surface area contributed by atoms with E-state index in [4.69, 9.17) is 18.5 Å². The van der Waals surface area contributed by atoms with Gasteiger partial charge in [-0.05, 0) is 109 Å². The number of ether oxygens (including phenoxy) is 2. The second kappa shape index (κ2) is 67.5. The third-order valence-electron chi connectivity index (χ3n) is 15.2. The summed E-state index contributed by atoms with van der Waals surface area (Å²) in [5, 5.41) is 0. The topological polar surface area (TPSA) is 108 Å². The maximum absolute atomic E-state index is 12.9. The number of rotatable bonds is 65. The number of carbonyl (C=O) groups excluding carboxylic acids is 2. The molecule has 1 N–H and O–H groups in total. The van der Waals surface area contributed by atoms with E-state index in [0.717, 1.165) is 122 Å². The first kappa shape index (κ1) is 84.2. The summed E-state index contributed by atoms with van der Waals surface area (Å²) < 4.78 is 34.7. The summed E-state index contributed by atoms with van der Waals surface area (Å²) in [6, 6.07) is 0. The second-order valence-corrected chi connectivity index (χ2v) is 26.3. The number of phosphoric acid groups is 1. The molecular weight excluding hydrogens is 1110 g/mol. The molecule has 0 aromatic heterocycles. The molecule has 88 heavy (non-hydrogen) atoms. The van der Waals surface area contributed by atoms with Crippen molar-refractivity contribution < 1.29 is 42.1 Å². The molecular formula is C78H135NO8P+. The van der Waals surface area contributed by atoms with Crippen LogP contribution in [0.25, 0.3) is 0 Å². The lowest BCUT2D eigenvalue weighted by Gasteiger charge is -2.24. The van der Waals surface area contributed by atoms with Gasteiger partial charge < -0.3 is 18.9 Å². The van der Waals surface area contributed by atoms with Crippen LogP contribution in [0.2, 0.25) is 0 Å². The van der Waals surface area contributed by atoms with Crippen molar-refractivity contribution in [2.24, 2.45) is 0 Å². The molecule has 0 fully saturated rings. The Morgan fingerprint density at radius 2 is 0.614 bits per heavy atom. The van der Waals surface area contributed by atoms with Gasteiger partial charge in [0.2, 0.25) is 0 Å². The number of esters is 2. The Labute approximate surface area is 542 Å². The zero-order chi connectivity index (χ0) is 64.1. The van der Waals surface area contributed by atoms with Crippen LogP contribution in [0.1, 0.15) is 296 Å². The highest BCUT2D eigenvalue weighted by Crippen LogP contribution is 2.43. The molecule has 0 radical (unpaired) electrons. The highest BCUT2D eigenvalue weighted by Gasteiger charge is 2.27. The zero-order valence-electron chi connectivity index (χ0n) is 57.4. The van der Waals surface area contributed by atoms with Crippen molar-refractivity contribution in [1.82, 2.24) is 0 Å². The lowest BCUT2D eigenvalue weighted by Crippen LogP contribution is -2.37. The number of hydrogen-bond acceptors (Lipinski definition) is 7. The summed E-state index contributed by atoms with van der Waals surface area (Å²) in [6.07, 6.45) is 98.5. The van der Waals surface area contributed by atoms with Crippen molar-refractivity contribution in [2.45, 2.75) is 302 Å². The fourth-order valence-electron chi connectivity index (χ4n) is 9.75. The van der Waals surface area contributed by atoms with Crippen molar-refractivity contribution in [2.75, 3.05) is 47.5 Å². The molecule has 2 unspecified atom stereocenters. The van der Waals surface area contributed by atoms with Crippen LogP contribution in [0.5, 0.6) is 0 Å². The third-order valence-corrected chi connectivity index (χ3v) is 16.2. The highest BCUT2D eigenvalue weighted by atomic mass is 31.2. The maximum atomic E-state index is 12.9. The average Bonchev–Trinajstić information content (AvgIpc) is 3.60. The highest BCUT2D eigenvalue weighted by molar-refractivity contribution is 7.47. The minimum Gasteiger partial charge on any atom is -0.462 e. The Morgan fingerprint density at radius 1 is 0.352 bits per heavy atom. The molecule has 0 rings (SSSR count). The maximum Gasteiger partial charge on any atom is 0.472 e. The fourth-order valence-corrected chi connectivity index (χ4v) is 10.5. The van der Waals surface area contributed by atoms with Crippen LogP contribution in [0.4, 0.5) is 0 Å². The summed E-state index contributed by atoms with van der Waals surface area (Å²) in [7, 11) is 1.46. The molecule has 0 heterocycles. The average molecular weight is 1250 g/mol. The predicted molar refractivity (Wildman–Crippen MR) is 381 cm³/mol. The first-order valence-electron chi connectivity index (χ1n) is 35.9. The first-order chi connectivity index (χ1) is 43.0. The number of carbonyl (C=O) groups is 2. The van der Waals surface area contributed by atoms with Gasteiger partial charge >= 0.3 is 19.8 Å². The SMILES string of the molecule is CC/C=C\C/C=C\C/C=C\C/C=C\C/C=C\C/C=C\C/C=C\CCCCCCCC(=O)OC(COC(=O)CCCCCCCCCCCCCCCCCCCCCCCCCC/C=C\C/C=C\C/C=C\C/C=C\CC)COP(=O)(O)OCC[N+](C)(C)C. The quantitative estimate of drug-likeness (QED) is 0.0211. The zero-order valence-corrected chi connectivity index (χ0v) is 58.3. The summed E-state index contributed by atoms with van der Waals surface area (Å²) >= 11 is 0. The molecule has 0 bridgehead atoms. The molecule has 504 valence electrons. The summed E-state index contributed by atoms with van der Waals surface area (Å²) in [6.45, 7) is 4.20. The number of allylic oxidation sites excluding steroid dienone is 22. The molecule has 0 saturated carbocycles. The van der Waals surface area contributed by atoms with Gasteiger partial charge in [0, 0.05) is 12.8 Å². The van der Waals surface area contributed by atoms with Crippen molar-refractivity contribution in [3.63, 3.8) is 0 Å². The van der Waals surface area contributed by atoms with Gasteiger partial charge in [0.15, 0.2) is 6.10 Å². The molecule has 0 aliphatic rings. The van der Waals surface area contributed by atoms with Gasteiger partial charge in [-0.2, -0.15) is 0 Å². The number of unbranched alkanes of at least 4 members (excludes halogenated alkanes) is 29.